The number of hydrogen-bond acceptors (Lipinski definition) is 3. The number of thioether (sulfide) groups is 1. The summed E-state index contributed by atoms with van der Waals surface area (Å²) in [7, 11) is 0. The van der Waals surface area contributed by atoms with E-state index in [1.54, 1.807) is 23.9 Å². The lowest BCUT2D eigenvalue weighted by atomic mass is 9.98. The van der Waals surface area contributed by atoms with Gasteiger partial charge in [0.25, 0.3) is 0 Å². The zero-order valence-corrected chi connectivity index (χ0v) is 12.2. The summed E-state index contributed by atoms with van der Waals surface area (Å²) in [4.78, 5) is 12.5. The maximum absolute atomic E-state index is 12.8. The zero-order chi connectivity index (χ0) is 14.3. The molecule has 106 valence electrons. The van der Waals surface area contributed by atoms with Crippen LogP contribution < -0.4 is 11.1 Å². The highest BCUT2D eigenvalue weighted by Gasteiger charge is 2.29. The van der Waals surface area contributed by atoms with E-state index >= 15 is 0 Å². The first-order chi connectivity index (χ1) is 8.98. The molecule has 1 aromatic rings. The Morgan fingerprint density at radius 3 is 2.58 bits per heavy atom. The summed E-state index contributed by atoms with van der Waals surface area (Å²) in [6, 6.07) is 6.35. The van der Waals surface area contributed by atoms with Crippen LogP contribution in [0.4, 0.5) is 4.39 Å². The Kier molecular flexibility index (Phi) is 6.31. The summed E-state index contributed by atoms with van der Waals surface area (Å²) in [5.74, 6) is 0.179. The Labute approximate surface area is 118 Å². The summed E-state index contributed by atoms with van der Waals surface area (Å²) < 4.78 is 12.8. The second kappa shape index (κ2) is 7.50. The second-order valence-electron chi connectivity index (χ2n) is 4.68. The number of nitrogens with two attached hydrogens (primary N) is 1. The molecule has 0 saturated carbocycles. The number of primary amides is 1. The van der Waals surface area contributed by atoms with Gasteiger partial charge in [-0.05, 0) is 50.6 Å². The smallest absolute Gasteiger partial charge is 0.237 e. The largest absolute Gasteiger partial charge is 0.368 e. The Bertz CT molecular complexity index is 410. The fraction of sp³-hybridized carbons (Fsp3) is 0.500. The molecule has 1 rings (SSSR count). The standard InChI is InChI=1S/C14H21FN2OS/c1-3-9-17-14(2,13(16)18)8-10-19-12-6-4-11(15)5-7-12/h4-7,17H,3,8-10H2,1-2H3,(H2,16,18). The van der Waals surface area contributed by atoms with Crippen LogP contribution in [0.1, 0.15) is 26.7 Å². The third-order valence-electron chi connectivity index (χ3n) is 2.99. The minimum absolute atomic E-state index is 0.240. The summed E-state index contributed by atoms with van der Waals surface area (Å²) in [6.45, 7) is 4.64. The summed E-state index contributed by atoms with van der Waals surface area (Å²) in [5.41, 5.74) is 4.77. The molecule has 1 unspecified atom stereocenters. The minimum atomic E-state index is -0.678. The van der Waals surface area contributed by atoms with Crippen LogP contribution >= 0.6 is 11.8 Å². The minimum Gasteiger partial charge on any atom is -0.368 e. The molecule has 0 spiro atoms. The SMILES string of the molecule is CCCNC(C)(CCSc1ccc(F)cc1)C(N)=O. The van der Waals surface area contributed by atoms with Crippen molar-refractivity contribution in [1.29, 1.82) is 0 Å². The highest BCUT2D eigenvalue weighted by atomic mass is 32.2. The lowest BCUT2D eigenvalue weighted by Crippen LogP contribution is -2.53. The van der Waals surface area contributed by atoms with Gasteiger partial charge in [0.1, 0.15) is 5.82 Å². The number of carbonyl (C=O) groups is 1. The van der Waals surface area contributed by atoms with E-state index in [2.05, 4.69) is 5.32 Å². The first-order valence-corrected chi connectivity index (χ1v) is 7.40. The Morgan fingerprint density at radius 1 is 1.42 bits per heavy atom. The Hall–Kier alpha value is -1.07. The zero-order valence-electron chi connectivity index (χ0n) is 11.4. The molecule has 0 saturated heterocycles. The summed E-state index contributed by atoms with van der Waals surface area (Å²) in [6.07, 6.45) is 1.60. The number of carbonyl (C=O) groups excluding carboxylic acids is 1. The molecule has 0 aromatic heterocycles. The fourth-order valence-corrected chi connectivity index (χ4v) is 2.68. The highest BCUT2D eigenvalue weighted by molar-refractivity contribution is 7.99. The van der Waals surface area contributed by atoms with Crippen LogP contribution in [0.25, 0.3) is 0 Å². The van der Waals surface area contributed by atoms with Gasteiger partial charge in [-0.15, -0.1) is 11.8 Å². The van der Waals surface area contributed by atoms with Crippen molar-refractivity contribution in [2.45, 2.75) is 37.1 Å². The van der Waals surface area contributed by atoms with E-state index < -0.39 is 5.54 Å². The van der Waals surface area contributed by atoms with Crippen molar-refractivity contribution in [3.05, 3.63) is 30.1 Å². The molecule has 0 fully saturated rings. The van der Waals surface area contributed by atoms with E-state index in [1.807, 2.05) is 13.8 Å². The lowest BCUT2D eigenvalue weighted by Gasteiger charge is -2.27. The van der Waals surface area contributed by atoms with Crippen molar-refractivity contribution < 1.29 is 9.18 Å². The van der Waals surface area contributed by atoms with Gasteiger partial charge in [-0.2, -0.15) is 0 Å². The average molecular weight is 284 g/mol. The lowest BCUT2D eigenvalue weighted by molar-refractivity contribution is -0.123. The van der Waals surface area contributed by atoms with Gasteiger partial charge >= 0.3 is 0 Å². The maximum Gasteiger partial charge on any atom is 0.237 e. The molecule has 0 bridgehead atoms. The van der Waals surface area contributed by atoms with Crippen LogP contribution in [-0.4, -0.2) is 23.7 Å². The predicted molar refractivity (Wildman–Crippen MR) is 77.6 cm³/mol. The van der Waals surface area contributed by atoms with Crippen molar-refractivity contribution in [3.63, 3.8) is 0 Å². The number of rotatable bonds is 8. The van der Waals surface area contributed by atoms with Gasteiger partial charge in [-0.1, -0.05) is 6.92 Å². The molecular weight excluding hydrogens is 263 g/mol. The van der Waals surface area contributed by atoms with E-state index in [4.69, 9.17) is 5.73 Å². The van der Waals surface area contributed by atoms with Gasteiger partial charge in [0, 0.05) is 10.6 Å². The first-order valence-electron chi connectivity index (χ1n) is 6.41. The molecule has 0 radical (unpaired) electrons. The molecule has 5 heteroatoms. The molecule has 0 aliphatic rings. The van der Waals surface area contributed by atoms with E-state index in [1.165, 1.54) is 12.1 Å². The van der Waals surface area contributed by atoms with Crippen LogP contribution in [-0.2, 0) is 4.79 Å². The van der Waals surface area contributed by atoms with E-state index in [0.29, 0.717) is 6.42 Å². The number of amides is 1. The topological polar surface area (TPSA) is 55.1 Å². The molecule has 1 aromatic carbocycles. The van der Waals surface area contributed by atoms with Crippen molar-refractivity contribution >= 4 is 17.7 Å². The highest BCUT2D eigenvalue weighted by Crippen LogP contribution is 2.22. The summed E-state index contributed by atoms with van der Waals surface area (Å²) in [5, 5.41) is 3.19. The molecule has 19 heavy (non-hydrogen) atoms. The Morgan fingerprint density at radius 2 is 2.05 bits per heavy atom. The van der Waals surface area contributed by atoms with E-state index in [9.17, 15) is 9.18 Å². The molecule has 1 amide bonds. The van der Waals surface area contributed by atoms with E-state index in [0.717, 1.165) is 23.6 Å². The number of hydrogen-bond donors (Lipinski definition) is 2. The first kappa shape index (κ1) is 16.0. The molecule has 3 N–H and O–H groups in total. The predicted octanol–water partition coefficient (Wildman–Crippen LogP) is 2.55. The van der Waals surface area contributed by atoms with E-state index in [-0.39, 0.29) is 11.7 Å². The molecule has 1 atom stereocenters. The molecular formula is C14H21FN2OS. The third-order valence-corrected chi connectivity index (χ3v) is 4.01. The van der Waals surface area contributed by atoms with Gasteiger partial charge in [0.05, 0.1) is 5.54 Å². The van der Waals surface area contributed by atoms with Crippen LogP contribution in [0.2, 0.25) is 0 Å². The van der Waals surface area contributed by atoms with Crippen LogP contribution in [0.5, 0.6) is 0 Å². The molecule has 0 heterocycles. The number of nitrogens with one attached hydrogen (secondary N) is 1. The van der Waals surface area contributed by atoms with Crippen LogP contribution in [0.3, 0.4) is 0 Å². The van der Waals surface area contributed by atoms with Crippen molar-refractivity contribution in [3.8, 4) is 0 Å². The van der Waals surface area contributed by atoms with Gasteiger partial charge in [0.2, 0.25) is 5.91 Å². The van der Waals surface area contributed by atoms with Crippen molar-refractivity contribution in [2.24, 2.45) is 5.73 Å². The molecule has 0 aliphatic carbocycles. The fourth-order valence-electron chi connectivity index (χ4n) is 1.60. The number of benzene rings is 1. The quantitative estimate of drug-likeness (QED) is 0.721. The van der Waals surface area contributed by atoms with Crippen molar-refractivity contribution in [1.82, 2.24) is 5.32 Å². The number of halogens is 1. The normalized spacial score (nSPS) is 14.1. The van der Waals surface area contributed by atoms with Crippen LogP contribution in [0, 0.1) is 5.82 Å². The van der Waals surface area contributed by atoms with Gasteiger partial charge in [-0.25, -0.2) is 4.39 Å². The second-order valence-corrected chi connectivity index (χ2v) is 5.84. The monoisotopic (exact) mass is 284 g/mol. The Balaban J connectivity index is 2.48. The average Bonchev–Trinajstić information content (AvgIpc) is 2.38. The molecule has 0 aliphatic heterocycles. The van der Waals surface area contributed by atoms with Gasteiger partial charge < -0.3 is 11.1 Å². The van der Waals surface area contributed by atoms with Crippen LogP contribution in [0.15, 0.2) is 29.2 Å². The van der Waals surface area contributed by atoms with Crippen molar-refractivity contribution in [2.75, 3.05) is 12.3 Å². The maximum atomic E-state index is 12.8. The molecule has 3 nitrogen and oxygen atoms in total. The van der Waals surface area contributed by atoms with Gasteiger partial charge in [0.15, 0.2) is 0 Å². The summed E-state index contributed by atoms with van der Waals surface area (Å²) >= 11 is 1.59. The third kappa shape index (κ3) is 5.20. The van der Waals surface area contributed by atoms with Gasteiger partial charge in [-0.3, -0.25) is 4.79 Å².